The van der Waals surface area contributed by atoms with E-state index < -0.39 is 0 Å². The Bertz CT molecular complexity index is 711. The summed E-state index contributed by atoms with van der Waals surface area (Å²) in [6.07, 6.45) is 0.819. The number of nitrogens with zero attached hydrogens (tertiary/aromatic N) is 1. The zero-order valence-electron chi connectivity index (χ0n) is 9.88. The van der Waals surface area contributed by atoms with Gasteiger partial charge in [0.1, 0.15) is 11.8 Å². The maximum atomic E-state index is 10.6. The van der Waals surface area contributed by atoms with E-state index in [-0.39, 0.29) is 0 Å². The highest BCUT2D eigenvalue weighted by Crippen LogP contribution is 2.24. The second kappa shape index (κ2) is 4.11. The molecule has 0 aliphatic rings. The Morgan fingerprint density at radius 3 is 2.61 bits per heavy atom. The molecule has 3 heteroatoms. The van der Waals surface area contributed by atoms with E-state index in [1.54, 1.807) is 12.1 Å². The predicted octanol–water partition coefficient (Wildman–Crippen LogP) is 3.62. The van der Waals surface area contributed by atoms with Crippen LogP contribution in [0.2, 0.25) is 0 Å². The van der Waals surface area contributed by atoms with Gasteiger partial charge in [0, 0.05) is 11.1 Å². The maximum Gasteiger partial charge on any atom is 0.227 e. The monoisotopic (exact) mass is 237 g/mol. The van der Waals surface area contributed by atoms with Crippen LogP contribution in [0.25, 0.3) is 22.6 Å². The summed E-state index contributed by atoms with van der Waals surface area (Å²) in [6, 6.07) is 13.1. The number of carbonyl (C=O) groups is 1. The quantitative estimate of drug-likeness (QED) is 0.639. The first-order valence-electron chi connectivity index (χ1n) is 5.69. The van der Waals surface area contributed by atoms with Gasteiger partial charge in [0.15, 0.2) is 5.58 Å². The summed E-state index contributed by atoms with van der Waals surface area (Å²) in [5, 5.41) is 0. The van der Waals surface area contributed by atoms with Gasteiger partial charge in [-0.3, -0.25) is 4.79 Å². The Kier molecular flexibility index (Phi) is 2.45. The number of carbonyl (C=O) groups excluding carboxylic acids is 1. The minimum Gasteiger partial charge on any atom is -0.436 e. The van der Waals surface area contributed by atoms with Crippen LogP contribution in [0, 0.1) is 6.92 Å². The van der Waals surface area contributed by atoms with Gasteiger partial charge >= 0.3 is 0 Å². The van der Waals surface area contributed by atoms with Gasteiger partial charge in [0.2, 0.25) is 5.89 Å². The highest BCUT2D eigenvalue weighted by Gasteiger charge is 2.07. The van der Waals surface area contributed by atoms with Crippen molar-refractivity contribution in [2.45, 2.75) is 6.92 Å². The molecule has 3 aromatic rings. The molecule has 2 aromatic carbocycles. The summed E-state index contributed by atoms with van der Waals surface area (Å²) in [5.74, 6) is 0.577. The largest absolute Gasteiger partial charge is 0.436 e. The lowest BCUT2D eigenvalue weighted by atomic mass is 10.1. The minimum atomic E-state index is 0.577. The van der Waals surface area contributed by atoms with Gasteiger partial charge in [-0.15, -0.1) is 0 Å². The zero-order chi connectivity index (χ0) is 12.5. The molecule has 0 amide bonds. The average Bonchev–Trinajstić information content (AvgIpc) is 2.81. The Balaban J connectivity index is 2.10. The first kappa shape index (κ1) is 10.7. The third-order valence-corrected chi connectivity index (χ3v) is 2.84. The van der Waals surface area contributed by atoms with Crippen LogP contribution < -0.4 is 0 Å². The van der Waals surface area contributed by atoms with Crippen molar-refractivity contribution >= 4 is 17.4 Å². The number of hydrogen-bond acceptors (Lipinski definition) is 3. The fourth-order valence-electron chi connectivity index (χ4n) is 1.87. The van der Waals surface area contributed by atoms with Crippen molar-refractivity contribution in [1.82, 2.24) is 4.98 Å². The number of fused-ring (bicyclic) bond motifs is 1. The molecule has 18 heavy (non-hydrogen) atoms. The van der Waals surface area contributed by atoms with E-state index in [1.165, 1.54) is 0 Å². The molecule has 0 bridgehead atoms. The topological polar surface area (TPSA) is 43.1 Å². The summed E-state index contributed by atoms with van der Waals surface area (Å²) in [5.41, 5.74) is 4.29. The number of aldehydes is 1. The lowest BCUT2D eigenvalue weighted by molar-refractivity contribution is 0.112. The van der Waals surface area contributed by atoms with Crippen LogP contribution >= 0.6 is 0 Å². The van der Waals surface area contributed by atoms with Crippen molar-refractivity contribution in [3.63, 3.8) is 0 Å². The van der Waals surface area contributed by atoms with E-state index in [2.05, 4.69) is 4.98 Å². The molecule has 0 aliphatic heterocycles. The van der Waals surface area contributed by atoms with Crippen molar-refractivity contribution in [3.05, 3.63) is 53.6 Å². The van der Waals surface area contributed by atoms with Gasteiger partial charge in [0.05, 0.1) is 0 Å². The Morgan fingerprint density at radius 2 is 1.89 bits per heavy atom. The van der Waals surface area contributed by atoms with E-state index >= 15 is 0 Å². The van der Waals surface area contributed by atoms with E-state index in [4.69, 9.17) is 4.42 Å². The number of hydrogen-bond donors (Lipinski definition) is 0. The Hall–Kier alpha value is -2.42. The molecule has 0 aliphatic carbocycles. The first-order valence-corrected chi connectivity index (χ1v) is 5.69. The fraction of sp³-hybridized carbons (Fsp3) is 0.0667. The van der Waals surface area contributed by atoms with E-state index in [1.807, 2.05) is 37.3 Å². The van der Waals surface area contributed by atoms with Crippen molar-refractivity contribution < 1.29 is 9.21 Å². The molecule has 0 atom stereocenters. The Labute approximate surface area is 104 Å². The van der Waals surface area contributed by atoms with Gasteiger partial charge in [0.25, 0.3) is 0 Å². The van der Waals surface area contributed by atoms with Gasteiger partial charge in [-0.25, -0.2) is 4.98 Å². The molecule has 0 spiro atoms. The summed E-state index contributed by atoms with van der Waals surface area (Å²) in [7, 11) is 0. The summed E-state index contributed by atoms with van der Waals surface area (Å²) >= 11 is 0. The number of benzene rings is 2. The molecule has 0 radical (unpaired) electrons. The Morgan fingerprint density at radius 1 is 1.11 bits per heavy atom. The molecular formula is C15H11NO2. The van der Waals surface area contributed by atoms with Gasteiger partial charge in [-0.2, -0.15) is 0 Å². The molecule has 0 saturated heterocycles. The molecule has 0 saturated carbocycles. The number of aryl methyl sites for hydroxylation is 1. The van der Waals surface area contributed by atoms with Crippen molar-refractivity contribution in [2.24, 2.45) is 0 Å². The average molecular weight is 237 g/mol. The van der Waals surface area contributed by atoms with Crippen LogP contribution in [0.15, 0.2) is 46.9 Å². The molecule has 88 valence electrons. The van der Waals surface area contributed by atoms with Crippen molar-refractivity contribution in [1.29, 1.82) is 0 Å². The van der Waals surface area contributed by atoms with E-state index in [0.717, 1.165) is 28.5 Å². The minimum absolute atomic E-state index is 0.577. The van der Waals surface area contributed by atoms with E-state index in [9.17, 15) is 4.79 Å². The molecule has 3 rings (SSSR count). The molecule has 0 N–H and O–H groups in total. The number of aromatic nitrogens is 1. The van der Waals surface area contributed by atoms with Gasteiger partial charge in [-0.1, -0.05) is 18.2 Å². The maximum absolute atomic E-state index is 10.6. The fourth-order valence-corrected chi connectivity index (χ4v) is 1.87. The first-order chi connectivity index (χ1) is 8.76. The second-order valence-electron chi connectivity index (χ2n) is 4.23. The molecule has 1 heterocycles. The number of rotatable bonds is 2. The lowest BCUT2D eigenvalue weighted by Gasteiger charge is -1.94. The smallest absolute Gasteiger partial charge is 0.227 e. The van der Waals surface area contributed by atoms with Crippen LogP contribution in [0.5, 0.6) is 0 Å². The van der Waals surface area contributed by atoms with Gasteiger partial charge < -0.3 is 4.42 Å². The highest BCUT2D eigenvalue weighted by atomic mass is 16.3. The molecular weight excluding hydrogens is 226 g/mol. The number of oxazole rings is 1. The molecule has 0 unspecified atom stereocenters. The van der Waals surface area contributed by atoms with E-state index in [0.29, 0.717) is 11.5 Å². The zero-order valence-corrected chi connectivity index (χ0v) is 9.88. The standard InChI is InChI=1S/C15H11NO2/c1-10-2-7-14-13(8-10)16-15(18-14)12-5-3-11(9-17)4-6-12/h2-9H,1H3. The van der Waals surface area contributed by atoms with Crippen molar-refractivity contribution in [2.75, 3.05) is 0 Å². The van der Waals surface area contributed by atoms with Crippen LogP contribution in [0.3, 0.4) is 0 Å². The summed E-state index contributed by atoms with van der Waals surface area (Å²) in [4.78, 5) is 15.0. The third kappa shape index (κ3) is 1.80. The third-order valence-electron chi connectivity index (χ3n) is 2.84. The van der Waals surface area contributed by atoms with Crippen LogP contribution in [-0.4, -0.2) is 11.3 Å². The summed E-state index contributed by atoms with van der Waals surface area (Å²) < 4.78 is 5.68. The van der Waals surface area contributed by atoms with Crippen LogP contribution in [-0.2, 0) is 0 Å². The van der Waals surface area contributed by atoms with Crippen LogP contribution in [0.1, 0.15) is 15.9 Å². The van der Waals surface area contributed by atoms with Crippen LogP contribution in [0.4, 0.5) is 0 Å². The highest BCUT2D eigenvalue weighted by molar-refractivity contribution is 5.78. The summed E-state index contributed by atoms with van der Waals surface area (Å²) in [6.45, 7) is 2.02. The molecule has 1 aromatic heterocycles. The second-order valence-corrected chi connectivity index (χ2v) is 4.23. The predicted molar refractivity (Wildman–Crippen MR) is 69.6 cm³/mol. The van der Waals surface area contributed by atoms with Crippen molar-refractivity contribution in [3.8, 4) is 11.5 Å². The normalized spacial score (nSPS) is 10.7. The molecule has 3 nitrogen and oxygen atoms in total. The molecule has 0 fully saturated rings. The lowest BCUT2D eigenvalue weighted by Crippen LogP contribution is -1.80. The van der Waals surface area contributed by atoms with Gasteiger partial charge in [-0.05, 0) is 36.8 Å². The SMILES string of the molecule is Cc1ccc2oc(-c3ccc(C=O)cc3)nc2c1.